The quantitative estimate of drug-likeness (QED) is 0.493. The smallest absolute Gasteiger partial charge is 0.308 e. The average Bonchev–Trinajstić information content (AvgIpc) is 3.21. The maximum Gasteiger partial charge on any atom is 0.308 e. The highest BCUT2D eigenvalue weighted by molar-refractivity contribution is 5.93. The zero-order chi connectivity index (χ0) is 20.2. The van der Waals surface area contributed by atoms with Crippen LogP contribution in [0.15, 0.2) is 71.5 Å². The number of benzene rings is 2. The van der Waals surface area contributed by atoms with Crippen LogP contribution >= 0.6 is 0 Å². The van der Waals surface area contributed by atoms with Crippen molar-refractivity contribution in [1.82, 2.24) is 4.98 Å². The molecule has 2 heterocycles. The Labute approximate surface area is 167 Å². The maximum atomic E-state index is 11.1. The fourth-order valence-electron chi connectivity index (χ4n) is 3.31. The van der Waals surface area contributed by atoms with Crippen LogP contribution in [0.3, 0.4) is 0 Å². The molecule has 3 N–H and O–H groups in total. The van der Waals surface area contributed by atoms with Crippen molar-refractivity contribution < 1.29 is 19.1 Å². The standard InChI is InChI=1S/C23H20N2O4/c24-13-15-3-1-4-17(9-15)20-11-16(10-18-6-8-28-22(18)20)14-29-23-19(12-21(26)27)5-2-7-25-23/h1-11H,12-14,24H2,(H,26,27). The molecule has 0 unspecified atom stereocenters. The van der Waals surface area contributed by atoms with Gasteiger partial charge in [-0.25, -0.2) is 4.98 Å². The minimum absolute atomic E-state index is 0.138. The molecule has 2 aromatic carbocycles. The van der Waals surface area contributed by atoms with E-state index in [1.807, 2.05) is 42.5 Å². The van der Waals surface area contributed by atoms with Crippen molar-refractivity contribution in [3.8, 4) is 17.0 Å². The summed E-state index contributed by atoms with van der Waals surface area (Å²) >= 11 is 0. The molecule has 0 aliphatic heterocycles. The Morgan fingerprint density at radius 1 is 1.10 bits per heavy atom. The number of rotatable bonds is 7. The van der Waals surface area contributed by atoms with Gasteiger partial charge < -0.3 is 20.0 Å². The van der Waals surface area contributed by atoms with Gasteiger partial charge in [-0.3, -0.25) is 4.79 Å². The van der Waals surface area contributed by atoms with E-state index in [1.165, 1.54) is 0 Å². The van der Waals surface area contributed by atoms with Crippen LogP contribution < -0.4 is 10.5 Å². The first-order chi connectivity index (χ1) is 14.1. The first-order valence-corrected chi connectivity index (χ1v) is 9.22. The summed E-state index contributed by atoms with van der Waals surface area (Å²) in [5, 5.41) is 10.0. The van der Waals surface area contributed by atoms with Gasteiger partial charge in [-0.15, -0.1) is 0 Å². The SMILES string of the molecule is NCc1cccc(-c2cc(COc3ncccc3CC(=O)O)cc3ccoc23)c1. The number of aromatic nitrogens is 1. The molecule has 2 aromatic heterocycles. The van der Waals surface area contributed by atoms with E-state index in [2.05, 4.69) is 4.98 Å². The van der Waals surface area contributed by atoms with E-state index in [9.17, 15) is 4.79 Å². The van der Waals surface area contributed by atoms with Gasteiger partial charge in [0.15, 0.2) is 0 Å². The van der Waals surface area contributed by atoms with E-state index in [4.69, 9.17) is 20.0 Å². The lowest BCUT2D eigenvalue weighted by molar-refractivity contribution is -0.136. The molecule has 4 rings (SSSR count). The second-order valence-electron chi connectivity index (χ2n) is 6.71. The lowest BCUT2D eigenvalue weighted by atomic mass is 9.99. The summed E-state index contributed by atoms with van der Waals surface area (Å²) in [5.41, 5.74) is 11.1. The summed E-state index contributed by atoms with van der Waals surface area (Å²) in [7, 11) is 0. The van der Waals surface area contributed by atoms with Crippen LogP contribution in [0.2, 0.25) is 0 Å². The van der Waals surface area contributed by atoms with Crippen LogP contribution in [0.5, 0.6) is 5.88 Å². The Morgan fingerprint density at radius 2 is 2.00 bits per heavy atom. The number of nitrogens with zero attached hydrogens (tertiary/aromatic N) is 1. The molecule has 0 fully saturated rings. The molecule has 0 bridgehead atoms. The van der Waals surface area contributed by atoms with Crippen LogP contribution in [-0.2, 0) is 24.4 Å². The molecule has 4 aromatic rings. The molecule has 6 nitrogen and oxygen atoms in total. The number of pyridine rings is 1. The molecule has 0 aliphatic carbocycles. The van der Waals surface area contributed by atoms with Crippen molar-refractivity contribution in [2.24, 2.45) is 5.73 Å². The lowest BCUT2D eigenvalue weighted by Gasteiger charge is -2.11. The van der Waals surface area contributed by atoms with Gasteiger partial charge in [0.2, 0.25) is 5.88 Å². The van der Waals surface area contributed by atoms with Gasteiger partial charge in [-0.2, -0.15) is 0 Å². The number of ether oxygens (including phenoxy) is 1. The molecule has 146 valence electrons. The Bertz CT molecular complexity index is 1170. The molecule has 29 heavy (non-hydrogen) atoms. The Hall–Kier alpha value is -3.64. The van der Waals surface area contributed by atoms with Gasteiger partial charge >= 0.3 is 5.97 Å². The van der Waals surface area contributed by atoms with Crippen LogP contribution in [0, 0.1) is 0 Å². The first-order valence-electron chi connectivity index (χ1n) is 9.22. The molecule has 0 saturated carbocycles. The van der Waals surface area contributed by atoms with Gasteiger partial charge in [0, 0.05) is 29.3 Å². The zero-order valence-corrected chi connectivity index (χ0v) is 15.7. The molecule has 0 amide bonds. The molecule has 0 radical (unpaired) electrons. The number of aliphatic carboxylic acids is 1. The van der Waals surface area contributed by atoms with E-state index in [0.29, 0.717) is 18.0 Å². The largest absolute Gasteiger partial charge is 0.481 e. The molecule has 0 spiro atoms. The number of furan rings is 1. The fraction of sp³-hybridized carbons (Fsp3) is 0.130. The van der Waals surface area contributed by atoms with Crippen LogP contribution in [0.25, 0.3) is 22.1 Å². The van der Waals surface area contributed by atoms with E-state index >= 15 is 0 Å². The van der Waals surface area contributed by atoms with Gasteiger partial charge in [-0.1, -0.05) is 24.3 Å². The summed E-state index contributed by atoms with van der Waals surface area (Å²) in [6, 6.07) is 17.4. The fourth-order valence-corrected chi connectivity index (χ4v) is 3.31. The van der Waals surface area contributed by atoms with Gasteiger partial charge in [0.05, 0.1) is 12.7 Å². The number of nitrogens with two attached hydrogens (primary N) is 1. The predicted octanol–water partition coefficient (Wildman–Crippen LogP) is 4.16. The summed E-state index contributed by atoms with van der Waals surface area (Å²) in [6.45, 7) is 0.721. The topological polar surface area (TPSA) is 98.6 Å². The Kier molecular flexibility index (Phi) is 5.27. The molecular weight excluding hydrogens is 368 g/mol. The van der Waals surface area contributed by atoms with Crippen LogP contribution in [0.1, 0.15) is 16.7 Å². The molecular formula is C23H20N2O4. The number of carboxylic acid groups (broad SMARTS) is 1. The van der Waals surface area contributed by atoms with Crippen molar-refractivity contribution >= 4 is 16.9 Å². The maximum absolute atomic E-state index is 11.1. The summed E-state index contributed by atoms with van der Waals surface area (Å²) in [5.74, 6) is -0.599. The third-order valence-corrected chi connectivity index (χ3v) is 4.65. The van der Waals surface area contributed by atoms with E-state index in [-0.39, 0.29) is 13.0 Å². The minimum atomic E-state index is -0.926. The number of carbonyl (C=O) groups is 1. The number of hydrogen-bond donors (Lipinski definition) is 2. The van der Waals surface area contributed by atoms with E-state index in [0.717, 1.165) is 33.2 Å². The first kappa shape index (κ1) is 18.7. The predicted molar refractivity (Wildman–Crippen MR) is 109 cm³/mol. The van der Waals surface area contributed by atoms with Crippen molar-refractivity contribution in [3.05, 3.63) is 83.7 Å². The minimum Gasteiger partial charge on any atom is -0.481 e. The van der Waals surface area contributed by atoms with Gasteiger partial charge in [0.25, 0.3) is 0 Å². The Balaban J connectivity index is 1.67. The van der Waals surface area contributed by atoms with Gasteiger partial charge in [0.1, 0.15) is 12.2 Å². The summed E-state index contributed by atoms with van der Waals surface area (Å²) < 4.78 is 11.6. The van der Waals surface area contributed by atoms with Crippen molar-refractivity contribution in [1.29, 1.82) is 0 Å². The van der Waals surface area contributed by atoms with Crippen LogP contribution in [-0.4, -0.2) is 16.1 Å². The van der Waals surface area contributed by atoms with Crippen LogP contribution in [0.4, 0.5) is 0 Å². The zero-order valence-electron chi connectivity index (χ0n) is 15.7. The van der Waals surface area contributed by atoms with Crippen molar-refractivity contribution in [3.63, 3.8) is 0 Å². The lowest BCUT2D eigenvalue weighted by Crippen LogP contribution is -2.05. The second kappa shape index (κ2) is 8.16. The Morgan fingerprint density at radius 3 is 2.83 bits per heavy atom. The number of carboxylic acids is 1. The normalized spacial score (nSPS) is 10.9. The summed E-state index contributed by atoms with van der Waals surface area (Å²) in [4.78, 5) is 15.2. The van der Waals surface area contributed by atoms with Crippen molar-refractivity contribution in [2.75, 3.05) is 0 Å². The monoisotopic (exact) mass is 388 g/mol. The molecule has 6 heteroatoms. The van der Waals surface area contributed by atoms with E-state index in [1.54, 1.807) is 24.6 Å². The highest BCUT2D eigenvalue weighted by Gasteiger charge is 2.13. The number of fused-ring (bicyclic) bond motifs is 1. The summed E-state index contributed by atoms with van der Waals surface area (Å²) in [6.07, 6.45) is 3.11. The van der Waals surface area contributed by atoms with E-state index < -0.39 is 5.97 Å². The number of hydrogen-bond acceptors (Lipinski definition) is 5. The molecule has 0 saturated heterocycles. The highest BCUT2D eigenvalue weighted by atomic mass is 16.5. The second-order valence-corrected chi connectivity index (χ2v) is 6.71. The molecule has 0 aliphatic rings. The van der Waals surface area contributed by atoms with Crippen molar-refractivity contribution in [2.45, 2.75) is 19.6 Å². The average molecular weight is 388 g/mol. The molecule has 0 atom stereocenters. The third-order valence-electron chi connectivity index (χ3n) is 4.65. The van der Waals surface area contributed by atoms with Gasteiger partial charge in [-0.05, 0) is 47.0 Å². The third kappa shape index (κ3) is 4.12. The highest BCUT2D eigenvalue weighted by Crippen LogP contribution is 2.32.